The molecule has 4 nitrogen and oxygen atoms in total. The van der Waals surface area contributed by atoms with E-state index >= 15 is 0 Å². The quantitative estimate of drug-likeness (QED) is 0.867. The largest absolute Gasteiger partial charge is 0.459 e. The molecule has 2 heterocycles. The molecule has 2 aromatic rings. The summed E-state index contributed by atoms with van der Waals surface area (Å²) in [5.74, 6) is 1.10. The lowest BCUT2D eigenvalue weighted by Crippen LogP contribution is -2.42. The summed E-state index contributed by atoms with van der Waals surface area (Å²) in [5, 5.41) is 7.23. The topological polar surface area (TPSA) is 54.3 Å². The van der Waals surface area contributed by atoms with Crippen LogP contribution in [-0.4, -0.2) is 18.0 Å². The number of fused-ring (bicyclic) bond motifs is 2. The molecule has 1 aromatic heterocycles. The lowest BCUT2D eigenvalue weighted by atomic mass is 9.85. The molecule has 0 spiro atoms. The van der Waals surface area contributed by atoms with E-state index in [0.29, 0.717) is 29.8 Å². The monoisotopic (exact) mass is 366 g/mol. The van der Waals surface area contributed by atoms with E-state index in [1.54, 1.807) is 6.07 Å². The summed E-state index contributed by atoms with van der Waals surface area (Å²) in [6.07, 6.45) is 5.89. The van der Waals surface area contributed by atoms with Crippen LogP contribution in [0, 0.1) is 18.7 Å². The van der Waals surface area contributed by atoms with Crippen molar-refractivity contribution in [3.8, 4) is 0 Å². The minimum Gasteiger partial charge on any atom is -0.459 e. The molecule has 1 amide bonds. The van der Waals surface area contributed by atoms with E-state index in [-0.39, 0.29) is 30.2 Å². The van der Waals surface area contributed by atoms with E-state index in [0.717, 1.165) is 17.4 Å². The van der Waals surface area contributed by atoms with Crippen LogP contribution < -0.4 is 10.6 Å². The molecule has 1 aliphatic carbocycles. The van der Waals surface area contributed by atoms with Crippen molar-refractivity contribution in [3.05, 3.63) is 35.3 Å². The van der Waals surface area contributed by atoms with Crippen molar-refractivity contribution in [1.82, 2.24) is 10.6 Å². The molecule has 1 aromatic carbocycles. The number of amides is 1. The van der Waals surface area contributed by atoms with Crippen molar-refractivity contribution in [1.29, 1.82) is 0 Å². The maximum absolute atomic E-state index is 13.4. The number of carbonyl (C=O) groups excluding carboxylic acids is 1. The van der Waals surface area contributed by atoms with Gasteiger partial charge in [0.1, 0.15) is 17.2 Å². The van der Waals surface area contributed by atoms with E-state index in [2.05, 4.69) is 10.6 Å². The zero-order valence-electron chi connectivity index (χ0n) is 14.3. The Bertz CT molecular complexity index is 762. The molecule has 0 bridgehead atoms. The van der Waals surface area contributed by atoms with Gasteiger partial charge in [0, 0.05) is 17.0 Å². The standard InChI is InChI=1S/C19H23FN2O2.ClH/c1-11-14-9-13(20)6-7-17(14)24-18(11)10-21-19(23)16-8-12-4-2-3-5-15(12)22-16;/h6-7,9,12,15-16,22H,2-5,8,10H2,1H3,(H,21,23);1H. The van der Waals surface area contributed by atoms with Gasteiger partial charge in [-0.15, -0.1) is 12.4 Å². The van der Waals surface area contributed by atoms with Gasteiger partial charge >= 0.3 is 0 Å². The van der Waals surface area contributed by atoms with Crippen molar-refractivity contribution in [3.63, 3.8) is 0 Å². The highest BCUT2D eigenvalue weighted by molar-refractivity contribution is 5.85. The van der Waals surface area contributed by atoms with E-state index in [4.69, 9.17) is 4.42 Å². The summed E-state index contributed by atoms with van der Waals surface area (Å²) >= 11 is 0. The summed E-state index contributed by atoms with van der Waals surface area (Å²) < 4.78 is 19.1. The van der Waals surface area contributed by atoms with Crippen LogP contribution in [0.1, 0.15) is 43.4 Å². The maximum atomic E-state index is 13.4. The van der Waals surface area contributed by atoms with Crippen molar-refractivity contribution >= 4 is 29.3 Å². The Morgan fingerprint density at radius 1 is 1.36 bits per heavy atom. The average Bonchev–Trinajstić information content (AvgIpc) is 3.15. The van der Waals surface area contributed by atoms with Gasteiger partial charge in [0.05, 0.1) is 12.6 Å². The molecule has 136 valence electrons. The third-order valence-corrected chi connectivity index (χ3v) is 5.60. The predicted octanol–water partition coefficient (Wildman–Crippen LogP) is 3.84. The third kappa shape index (κ3) is 3.53. The predicted molar refractivity (Wildman–Crippen MR) is 97.3 cm³/mol. The van der Waals surface area contributed by atoms with Crippen LogP contribution in [-0.2, 0) is 11.3 Å². The zero-order chi connectivity index (χ0) is 16.7. The van der Waals surface area contributed by atoms with Gasteiger partial charge in [0.15, 0.2) is 0 Å². The molecule has 1 aliphatic heterocycles. The smallest absolute Gasteiger partial charge is 0.237 e. The summed E-state index contributed by atoms with van der Waals surface area (Å²) in [4.78, 5) is 12.5. The van der Waals surface area contributed by atoms with Crippen molar-refractivity contribution < 1.29 is 13.6 Å². The van der Waals surface area contributed by atoms with Crippen LogP contribution in [0.4, 0.5) is 4.39 Å². The number of aryl methyl sites for hydroxylation is 1. The second kappa shape index (κ2) is 7.34. The number of nitrogens with one attached hydrogen (secondary N) is 2. The molecule has 0 radical (unpaired) electrons. The Balaban J connectivity index is 0.00000182. The van der Waals surface area contributed by atoms with Gasteiger partial charge in [0.25, 0.3) is 0 Å². The molecule has 3 unspecified atom stereocenters. The highest BCUT2D eigenvalue weighted by atomic mass is 35.5. The molecule has 2 N–H and O–H groups in total. The molecule has 6 heteroatoms. The average molecular weight is 367 g/mol. The Morgan fingerprint density at radius 3 is 2.96 bits per heavy atom. The van der Waals surface area contributed by atoms with Gasteiger partial charge in [-0.05, 0) is 50.3 Å². The molecular weight excluding hydrogens is 343 g/mol. The first-order chi connectivity index (χ1) is 11.6. The normalized spacial score (nSPS) is 25.4. The molecule has 2 fully saturated rings. The molecule has 1 saturated heterocycles. The van der Waals surface area contributed by atoms with Crippen molar-refractivity contribution in [2.45, 2.75) is 57.7 Å². The minimum atomic E-state index is -0.278. The number of rotatable bonds is 3. The van der Waals surface area contributed by atoms with Gasteiger partial charge in [-0.2, -0.15) is 0 Å². The number of halogens is 2. The molecule has 3 atom stereocenters. The first-order valence-corrected chi connectivity index (χ1v) is 8.83. The summed E-state index contributed by atoms with van der Waals surface area (Å²) in [5.41, 5.74) is 1.54. The first-order valence-electron chi connectivity index (χ1n) is 8.83. The van der Waals surface area contributed by atoms with E-state index in [1.165, 1.54) is 37.8 Å². The SMILES string of the molecule is Cc1c(CNC(=O)C2CC3CCCCC3N2)oc2ccc(F)cc12.Cl. The van der Waals surface area contributed by atoms with Gasteiger partial charge in [-0.25, -0.2) is 4.39 Å². The van der Waals surface area contributed by atoms with E-state index in [1.807, 2.05) is 6.92 Å². The van der Waals surface area contributed by atoms with Crippen molar-refractivity contribution in [2.75, 3.05) is 0 Å². The zero-order valence-corrected chi connectivity index (χ0v) is 15.1. The Labute approximate surface area is 152 Å². The molecule has 2 aliphatic rings. The minimum absolute atomic E-state index is 0. The van der Waals surface area contributed by atoms with Crippen LogP contribution >= 0.6 is 12.4 Å². The molecule has 1 saturated carbocycles. The molecule has 25 heavy (non-hydrogen) atoms. The first kappa shape index (κ1) is 18.2. The lowest BCUT2D eigenvalue weighted by Gasteiger charge is -2.24. The fourth-order valence-corrected chi connectivity index (χ4v) is 4.22. The van der Waals surface area contributed by atoms with Crippen LogP contribution in [0.5, 0.6) is 0 Å². The summed E-state index contributed by atoms with van der Waals surface area (Å²) in [6, 6.07) is 4.90. The van der Waals surface area contributed by atoms with Crippen LogP contribution in [0.3, 0.4) is 0 Å². The van der Waals surface area contributed by atoms with Gasteiger partial charge in [0.2, 0.25) is 5.91 Å². The number of hydrogen-bond donors (Lipinski definition) is 2. The van der Waals surface area contributed by atoms with Gasteiger partial charge in [-0.1, -0.05) is 12.8 Å². The van der Waals surface area contributed by atoms with Gasteiger partial charge < -0.3 is 15.1 Å². The van der Waals surface area contributed by atoms with Crippen LogP contribution in [0.2, 0.25) is 0 Å². The Hall–Kier alpha value is -1.59. The number of benzene rings is 1. The second-order valence-corrected chi connectivity index (χ2v) is 7.11. The Kier molecular flexibility index (Phi) is 5.35. The van der Waals surface area contributed by atoms with Crippen LogP contribution in [0.25, 0.3) is 11.0 Å². The third-order valence-electron chi connectivity index (χ3n) is 5.60. The number of furan rings is 1. The van der Waals surface area contributed by atoms with Crippen LogP contribution in [0.15, 0.2) is 22.6 Å². The number of hydrogen-bond acceptors (Lipinski definition) is 3. The highest BCUT2D eigenvalue weighted by Gasteiger charge is 2.38. The van der Waals surface area contributed by atoms with Crippen molar-refractivity contribution in [2.24, 2.45) is 5.92 Å². The van der Waals surface area contributed by atoms with Gasteiger partial charge in [-0.3, -0.25) is 4.79 Å². The lowest BCUT2D eigenvalue weighted by molar-refractivity contribution is -0.123. The number of carbonyl (C=O) groups is 1. The highest BCUT2D eigenvalue weighted by Crippen LogP contribution is 2.33. The van der Waals surface area contributed by atoms with E-state index < -0.39 is 0 Å². The molecular formula is C19H24ClFN2O2. The maximum Gasteiger partial charge on any atom is 0.237 e. The summed E-state index contributed by atoms with van der Waals surface area (Å²) in [7, 11) is 0. The summed E-state index contributed by atoms with van der Waals surface area (Å²) in [6.45, 7) is 2.24. The van der Waals surface area contributed by atoms with E-state index in [9.17, 15) is 9.18 Å². The molecule has 4 rings (SSSR count). The Morgan fingerprint density at radius 2 is 2.16 bits per heavy atom. The fourth-order valence-electron chi connectivity index (χ4n) is 4.22. The fraction of sp³-hybridized carbons (Fsp3) is 0.526. The second-order valence-electron chi connectivity index (χ2n) is 7.11.